The number of hydrogen-bond donors (Lipinski definition) is 1. The molecule has 2 aromatic rings. The predicted octanol–water partition coefficient (Wildman–Crippen LogP) is 2.65. The molecular formula is C16H18FN3OS. The monoisotopic (exact) mass is 319 g/mol. The van der Waals surface area contributed by atoms with Gasteiger partial charge in [0.05, 0.1) is 10.2 Å². The van der Waals surface area contributed by atoms with E-state index in [1.165, 1.54) is 23.5 Å². The number of nitrogens with one attached hydrogen (secondary N) is 1. The van der Waals surface area contributed by atoms with E-state index in [2.05, 4.69) is 22.1 Å². The standard InChI is InChI=1S/C16H18FN3OS/c1-9-14(10-4-6-20(9)7-5-10)19-15(21)16-18-12-3-2-11(17)8-13(12)22-16/h2-3,8-10,14H,4-7H2,1H3,(H,19,21)/t9-,14-/m0/s1. The third kappa shape index (κ3) is 2.30. The molecular weight excluding hydrogens is 301 g/mol. The van der Waals surface area contributed by atoms with Gasteiger partial charge in [0, 0.05) is 12.1 Å². The number of aromatic nitrogens is 1. The van der Waals surface area contributed by atoms with Gasteiger partial charge in [0.25, 0.3) is 5.91 Å². The topological polar surface area (TPSA) is 45.2 Å². The van der Waals surface area contributed by atoms with E-state index in [4.69, 9.17) is 0 Å². The van der Waals surface area contributed by atoms with Crippen molar-refractivity contribution in [2.24, 2.45) is 5.92 Å². The van der Waals surface area contributed by atoms with Crippen molar-refractivity contribution < 1.29 is 9.18 Å². The molecule has 116 valence electrons. The lowest BCUT2D eigenvalue weighted by Crippen LogP contribution is -2.62. The molecule has 0 aliphatic carbocycles. The van der Waals surface area contributed by atoms with Crippen molar-refractivity contribution in [1.82, 2.24) is 15.2 Å². The highest BCUT2D eigenvalue weighted by atomic mass is 32.1. The van der Waals surface area contributed by atoms with Crippen molar-refractivity contribution in [2.75, 3.05) is 13.1 Å². The summed E-state index contributed by atoms with van der Waals surface area (Å²) in [5, 5.41) is 3.59. The summed E-state index contributed by atoms with van der Waals surface area (Å²) in [4.78, 5) is 19.3. The molecule has 4 nitrogen and oxygen atoms in total. The van der Waals surface area contributed by atoms with Gasteiger partial charge in [-0.2, -0.15) is 0 Å². The fourth-order valence-electron chi connectivity index (χ4n) is 3.75. The molecule has 2 bridgehead atoms. The van der Waals surface area contributed by atoms with Crippen LogP contribution in [-0.2, 0) is 0 Å². The highest BCUT2D eigenvalue weighted by Gasteiger charge is 2.40. The minimum Gasteiger partial charge on any atom is -0.345 e. The number of hydrogen-bond acceptors (Lipinski definition) is 4. The summed E-state index contributed by atoms with van der Waals surface area (Å²) in [6.45, 7) is 4.46. The van der Waals surface area contributed by atoms with Crippen molar-refractivity contribution in [3.05, 3.63) is 29.0 Å². The Morgan fingerprint density at radius 1 is 1.41 bits per heavy atom. The zero-order chi connectivity index (χ0) is 15.3. The Morgan fingerprint density at radius 2 is 2.18 bits per heavy atom. The molecule has 1 aromatic heterocycles. The molecule has 0 spiro atoms. The zero-order valence-electron chi connectivity index (χ0n) is 12.4. The number of fused-ring (bicyclic) bond motifs is 4. The second-order valence-electron chi connectivity index (χ2n) is 6.24. The van der Waals surface area contributed by atoms with E-state index >= 15 is 0 Å². The first-order valence-corrected chi connectivity index (χ1v) is 8.54. The molecule has 2 atom stereocenters. The minimum atomic E-state index is -0.297. The van der Waals surface area contributed by atoms with Gasteiger partial charge in [0.15, 0.2) is 5.01 Å². The van der Waals surface area contributed by atoms with E-state index in [9.17, 15) is 9.18 Å². The van der Waals surface area contributed by atoms with Crippen LogP contribution in [0.3, 0.4) is 0 Å². The predicted molar refractivity (Wildman–Crippen MR) is 84.6 cm³/mol. The van der Waals surface area contributed by atoms with Crippen molar-refractivity contribution in [1.29, 1.82) is 0 Å². The minimum absolute atomic E-state index is 0.132. The Hall–Kier alpha value is -1.53. The number of benzene rings is 1. The molecule has 22 heavy (non-hydrogen) atoms. The van der Waals surface area contributed by atoms with Crippen LogP contribution < -0.4 is 5.32 Å². The Bertz CT molecular complexity index is 721. The van der Waals surface area contributed by atoms with Gasteiger partial charge in [0.2, 0.25) is 0 Å². The average molecular weight is 319 g/mol. The van der Waals surface area contributed by atoms with E-state index in [0.29, 0.717) is 27.2 Å². The lowest BCUT2D eigenvalue weighted by molar-refractivity contribution is 0.0217. The largest absolute Gasteiger partial charge is 0.345 e. The van der Waals surface area contributed by atoms with Gasteiger partial charge in [-0.3, -0.25) is 9.69 Å². The summed E-state index contributed by atoms with van der Waals surface area (Å²) in [5.74, 6) is 0.136. The molecule has 1 N–H and O–H groups in total. The van der Waals surface area contributed by atoms with Crippen LogP contribution in [-0.4, -0.2) is 41.0 Å². The molecule has 1 aromatic carbocycles. The van der Waals surface area contributed by atoms with E-state index < -0.39 is 0 Å². The molecule has 0 saturated carbocycles. The van der Waals surface area contributed by atoms with Crippen molar-refractivity contribution in [2.45, 2.75) is 31.8 Å². The lowest BCUT2D eigenvalue weighted by Gasteiger charge is -2.49. The summed E-state index contributed by atoms with van der Waals surface area (Å²) in [6.07, 6.45) is 2.31. The fourth-order valence-corrected chi connectivity index (χ4v) is 4.65. The van der Waals surface area contributed by atoms with E-state index in [0.717, 1.165) is 25.9 Å². The number of thiazole rings is 1. The normalized spacial score (nSPS) is 30.6. The maximum absolute atomic E-state index is 13.2. The van der Waals surface area contributed by atoms with Crippen molar-refractivity contribution >= 4 is 27.5 Å². The van der Waals surface area contributed by atoms with Crippen LogP contribution in [0.1, 0.15) is 29.6 Å². The summed E-state index contributed by atoms with van der Waals surface area (Å²) >= 11 is 1.25. The number of piperidine rings is 3. The summed E-state index contributed by atoms with van der Waals surface area (Å²) in [7, 11) is 0. The van der Waals surface area contributed by atoms with E-state index in [1.54, 1.807) is 6.07 Å². The highest BCUT2D eigenvalue weighted by Crippen LogP contribution is 2.32. The molecule has 1 amide bonds. The maximum Gasteiger partial charge on any atom is 0.280 e. The Morgan fingerprint density at radius 3 is 2.91 bits per heavy atom. The fraction of sp³-hybridized carbons (Fsp3) is 0.500. The van der Waals surface area contributed by atoms with Gasteiger partial charge in [-0.05, 0) is 57.0 Å². The first-order chi connectivity index (χ1) is 10.6. The Balaban J connectivity index is 1.56. The van der Waals surface area contributed by atoms with E-state index in [-0.39, 0.29) is 17.8 Å². The zero-order valence-corrected chi connectivity index (χ0v) is 13.2. The molecule has 3 aliphatic rings. The van der Waals surface area contributed by atoms with Crippen LogP contribution in [0.2, 0.25) is 0 Å². The van der Waals surface area contributed by atoms with Gasteiger partial charge in [-0.1, -0.05) is 0 Å². The third-order valence-corrected chi connectivity index (χ3v) is 6.04. The molecule has 4 heterocycles. The molecule has 0 radical (unpaired) electrons. The van der Waals surface area contributed by atoms with Gasteiger partial charge < -0.3 is 5.32 Å². The highest BCUT2D eigenvalue weighted by molar-refractivity contribution is 7.20. The lowest BCUT2D eigenvalue weighted by atomic mass is 9.79. The van der Waals surface area contributed by atoms with Gasteiger partial charge >= 0.3 is 0 Å². The first kappa shape index (κ1) is 14.1. The van der Waals surface area contributed by atoms with Gasteiger partial charge in [-0.15, -0.1) is 11.3 Å². The summed E-state index contributed by atoms with van der Waals surface area (Å²) in [6, 6.07) is 5.00. The van der Waals surface area contributed by atoms with Crippen LogP contribution in [0.5, 0.6) is 0 Å². The molecule has 6 heteroatoms. The molecule has 5 rings (SSSR count). The Kier molecular flexibility index (Phi) is 3.38. The first-order valence-electron chi connectivity index (χ1n) is 7.73. The number of amides is 1. The molecule has 0 unspecified atom stereocenters. The van der Waals surface area contributed by atoms with Crippen LogP contribution >= 0.6 is 11.3 Å². The summed E-state index contributed by atoms with van der Waals surface area (Å²) in [5.41, 5.74) is 0.679. The third-order valence-electron chi connectivity index (χ3n) is 5.02. The quantitative estimate of drug-likeness (QED) is 0.925. The van der Waals surface area contributed by atoms with Crippen molar-refractivity contribution in [3.63, 3.8) is 0 Å². The van der Waals surface area contributed by atoms with Gasteiger partial charge in [0.1, 0.15) is 5.82 Å². The van der Waals surface area contributed by atoms with Crippen molar-refractivity contribution in [3.8, 4) is 0 Å². The second-order valence-corrected chi connectivity index (χ2v) is 7.27. The van der Waals surface area contributed by atoms with Crippen LogP contribution in [0.15, 0.2) is 18.2 Å². The maximum atomic E-state index is 13.2. The number of nitrogens with zero attached hydrogens (tertiary/aromatic N) is 2. The molecule has 3 fully saturated rings. The number of carbonyl (C=O) groups excluding carboxylic acids is 1. The van der Waals surface area contributed by atoms with E-state index in [1.807, 2.05) is 0 Å². The second kappa shape index (κ2) is 5.28. The van der Waals surface area contributed by atoms with Crippen LogP contribution in [0.25, 0.3) is 10.2 Å². The average Bonchev–Trinajstić information content (AvgIpc) is 2.94. The van der Waals surface area contributed by atoms with Crippen LogP contribution in [0, 0.1) is 11.7 Å². The Labute approximate surface area is 132 Å². The number of halogens is 1. The molecule has 3 saturated heterocycles. The van der Waals surface area contributed by atoms with Crippen LogP contribution in [0.4, 0.5) is 4.39 Å². The summed E-state index contributed by atoms with van der Waals surface area (Å²) < 4.78 is 14.0. The smallest absolute Gasteiger partial charge is 0.280 e. The number of carbonyl (C=O) groups is 1. The van der Waals surface area contributed by atoms with Gasteiger partial charge in [-0.25, -0.2) is 9.37 Å². The SMILES string of the molecule is C[C@H]1[C@H](NC(=O)c2nc3ccc(F)cc3s2)C2CCN1CC2. The molecule has 3 aliphatic heterocycles. The number of rotatable bonds is 2.